The zero-order valence-electron chi connectivity index (χ0n) is 13.9. The molecule has 1 aliphatic heterocycles. The molecule has 25 heavy (non-hydrogen) atoms. The number of halogens is 2. The topological polar surface area (TPSA) is 46.6 Å². The van der Waals surface area contributed by atoms with E-state index >= 15 is 0 Å². The van der Waals surface area contributed by atoms with Gasteiger partial charge in [-0.2, -0.15) is 4.31 Å². The maximum absolute atomic E-state index is 14.1. The first-order chi connectivity index (χ1) is 11.7. The summed E-state index contributed by atoms with van der Waals surface area (Å²) in [6.07, 6.45) is -0.704. The normalized spacial score (nSPS) is 21.2. The molecule has 0 saturated carbocycles. The lowest BCUT2D eigenvalue weighted by atomic mass is 10.0. The molecule has 1 aliphatic rings. The predicted molar refractivity (Wildman–Crippen MR) is 89.5 cm³/mol. The minimum absolute atomic E-state index is 0.00356. The van der Waals surface area contributed by atoms with Crippen LogP contribution in [0.15, 0.2) is 53.4 Å². The molecule has 0 spiro atoms. The van der Waals surface area contributed by atoms with E-state index in [1.54, 1.807) is 32.0 Å². The Bertz CT molecular complexity index is 866. The highest BCUT2D eigenvalue weighted by Gasteiger charge is 2.43. The van der Waals surface area contributed by atoms with E-state index in [-0.39, 0.29) is 18.0 Å². The summed E-state index contributed by atoms with van der Waals surface area (Å²) in [6.45, 7) is 3.58. The van der Waals surface area contributed by atoms with Crippen LogP contribution in [0.2, 0.25) is 0 Å². The van der Waals surface area contributed by atoms with Gasteiger partial charge in [-0.15, -0.1) is 0 Å². The maximum atomic E-state index is 14.1. The summed E-state index contributed by atoms with van der Waals surface area (Å²) in [6, 6.07) is 10.8. The molecule has 1 heterocycles. The molecule has 0 aromatic heterocycles. The van der Waals surface area contributed by atoms with E-state index in [0.29, 0.717) is 5.56 Å². The van der Waals surface area contributed by atoms with E-state index in [4.69, 9.17) is 4.74 Å². The van der Waals surface area contributed by atoms with Crippen LogP contribution in [-0.2, 0) is 14.8 Å². The quantitative estimate of drug-likeness (QED) is 0.834. The van der Waals surface area contributed by atoms with Gasteiger partial charge in [-0.05, 0) is 44.2 Å². The lowest BCUT2D eigenvalue weighted by Gasteiger charge is -2.44. The van der Waals surface area contributed by atoms with Crippen LogP contribution in [0.25, 0.3) is 0 Å². The molecular weight excluding hydrogens is 348 g/mol. The number of morpholine rings is 1. The fourth-order valence-corrected chi connectivity index (χ4v) is 4.68. The molecule has 0 N–H and O–H groups in total. The molecule has 0 radical (unpaired) electrons. The molecule has 3 rings (SSSR count). The second-order valence-corrected chi connectivity index (χ2v) is 8.49. The molecule has 1 atom stereocenters. The van der Waals surface area contributed by atoms with Crippen LogP contribution < -0.4 is 0 Å². The summed E-state index contributed by atoms with van der Waals surface area (Å²) in [4.78, 5) is -0.00356. The van der Waals surface area contributed by atoms with Crippen LogP contribution in [0.4, 0.5) is 8.78 Å². The van der Waals surface area contributed by atoms with Gasteiger partial charge in [-0.25, -0.2) is 17.2 Å². The summed E-state index contributed by atoms with van der Waals surface area (Å²) >= 11 is 0. The van der Waals surface area contributed by atoms with Crippen LogP contribution in [0.5, 0.6) is 0 Å². The van der Waals surface area contributed by atoms with E-state index in [1.807, 2.05) is 0 Å². The van der Waals surface area contributed by atoms with Gasteiger partial charge in [0.05, 0.1) is 23.1 Å². The van der Waals surface area contributed by atoms with Crippen molar-refractivity contribution in [1.29, 1.82) is 0 Å². The Balaban J connectivity index is 1.97. The average molecular weight is 367 g/mol. The first kappa shape index (κ1) is 18.0. The van der Waals surface area contributed by atoms with Gasteiger partial charge in [0.25, 0.3) is 0 Å². The van der Waals surface area contributed by atoms with E-state index in [0.717, 1.165) is 12.1 Å². The highest BCUT2D eigenvalue weighted by atomic mass is 32.2. The summed E-state index contributed by atoms with van der Waals surface area (Å²) in [5.41, 5.74) is -0.494. The number of benzene rings is 2. The largest absolute Gasteiger partial charge is 0.370 e. The van der Waals surface area contributed by atoms with Crippen molar-refractivity contribution in [3.05, 3.63) is 65.7 Å². The van der Waals surface area contributed by atoms with Crippen molar-refractivity contribution < 1.29 is 21.9 Å². The SMILES string of the molecule is CC1(C)COC(c2ccccc2F)CN1S(=O)(=O)c1ccc(F)cc1. The van der Waals surface area contributed by atoms with Crippen LogP contribution >= 0.6 is 0 Å². The number of rotatable bonds is 3. The molecule has 134 valence electrons. The van der Waals surface area contributed by atoms with Gasteiger partial charge in [0, 0.05) is 12.1 Å². The Morgan fingerprint density at radius 3 is 2.36 bits per heavy atom. The second-order valence-electron chi connectivity index (χ2n) is 6.62. The van der Waals surface area contributed by atoms with Crippen LogP contribution in [-0.4, -0.2) is 31.4 Å². The summed E-state index contributed by atoms with van der Waals surface area (Å²) in [7, 11) is -3.88. The predicted octanol–water partition coefficient (Wildman–Crippen LogP) is 3.51. The summed E-state index contributed by atoms with van der Waals surface area (Å²) in [5.74, 6) is -0.948. The third kappa shape index (κ3) is 3.44. The van der Waals surface area contributed by atoms with E-state index < -0.39 is 33.3 Å². The molecular formula is C18H19F2NO3S. The fraction of sp³-hybridized carbons (Fsp3) is 0.333. The van der Waals surface area contributed by atoms with E-state index in [9.17, 15) is 17.2 Å². The van der Waals surface area contributed by atoms with Gasteiger partial charge in [-0.3, -0.25) is 0 Å². The highest BCUT2D eigenvalue weighted by Crippen LogP contribution is 2.35. The Morgan fingerprint density at radius 1 is 1.08 bits per heavy atom. The van der Waals surface area contributed by atoms with E-state index in [2.05, 4.69) is 0 Å². The number of ether oxygens (including phenoxy) is 1. The molecule has 4 nitrogen and oxygen atoms in total. The Hall–Kier alpha value is -1.83. The minimum Gasteiger partial charge on any atom is -0.370 e. The standard InChI is InChI=1S/C18H19F2NO3S/c1-18(2)12-24-17(15-5-3-4-6-16(15)20)11-21(18)25(22,23)14-9-7-13(19)8-10-14/h3-10,17H,11-12H2,1-2H3. The summed E-state index contributed by atoms with van der Waals surface area (Å²) in [5, 5.41) is 0. The van der Waals surface area contributed by atoms with Crippen molar-refractivity contribution in [2.75, 3.05) is 13.2 Å². The maximum Gasteiger partial charge on any atom is 0.243 e. The monoisotopic (exact) mass is 367 g/mol. The van der Waals surface area contributed by atoms with Crippen molar-refractivity contribution in [3.63, 3.8) is 0 Å². The Morgan fingerprint density at radius 2 is 1.72 bits per heavy atom. The number of hydrogen-bond acceptors (Lipinski definition) is 3. The molecule has 0 amide bonds. The lowest BCUT2D eigenvalue weighted by molar-refractivity contribution is -0.0667. The van der Waals surface area contributed by atoms with Crippen molar-refractivity contribution in [2.45, 2.75) is 30.4 Å². The molecule has 0 aliphatic carbocycles. The lowest BCUT2D eigenvalue weighted by Crippen LogP contribution is -2.56. The van der Waals surface area contributed by atoms with Gasteiger partial charge >= 0.3 is 0 Å². The smallest absolute Gasteiger partial charge is 0.243 e. The molecule has 7 heteroatoms. The van der Waals surface area contributed by atoms with Gasteiger partial charge in [0.2, 0.25) is 10.0 Å². The zero-order chi connectivity index (χ0) is 18.2. The zero-order valence-corrected chi connectivity index (χ0v) is 14.8. The number of sulfonamides is 1. The molecule has 1 fully saturated rings. The molecule has 0 bridgehead atoms. The number of hydrogen-bond donors (Lipinski definition) is 0. The molecule has 1 unspecified atom stereocenters. The van der Waals surface area contributed by atoms with Crippen LogP contribution in [0.1, 0.15) is 25.5 Å². The summed E-state index contributed by atoms with van der Waals surface area (Å²) < 4.78 is 60.3. The van der Waals surface area contributed by atoms with Gasteiger partial charge in [-0.1, -0.05) is 18.2 Å². The van der Waals surface area contributed by atoms with Crippen molar-refractivity contribution >= 4 is 10.0 Å². The van der Waals surface area contributed by atoms with Crippen molar-refractivity contribution in [3.8, 4) is 0 Å². The first-order valence-corrected chi connectivity index (χ1v) is 9.30. The third-order valence-corrected chi connectivity index (χ3v) is 6.39. The Kier molecular flexibility index (Phi) is 4.66. The van der Waals surface area contributed by atoms with Gasteiger partial charge < -0.3 is 4.74 Å². The van der Waals surface area contributed by atoms with E-state index in [1.165, 1.54) is 22.5 Å². The third-order valence-electron chi connectivity index (χ3n) is 4.30. The average Bonchev–Trinajstić information content (AvgIpc) is 2.55. The minimum atomic E-state index is -3.88. The van der Waals surface area contributed by atoms with Crippen molar-refractivity contribution in [2.24, 2.45) is 0 Å². The highest BCUT2D eigenvalue weighted by molar-refractivity contribution is 7.89. The molecule has 2 aromatic carbocycles. The van der Waals surface area contributed by atoms with Gasteiger partial charge in [0.15, 0.2) is 0 Å². The molecule has 1 saturated heterocycles. The molecule has 2 aromatic rings. The van der Waals surface area contributed by atoms with Gasteiger partial charge in [0.1, 0.15) is 11.6 Å². The van der Waals surface area contributed by atoms with Crippen LogP contribution in [0.3, 0.4) is 0 Å². The Labute approximate surface area is 146 Å². The first-order valence-electron chi connectivity index (χ1n) is 7.86. The number of nitrogens with zero attached hydrogens (tertiary/aromatic N) is 1. The van der Waals surface area contributed by atoms with Crippen molar-refractivity contribution in [1.82, 2.24) is 4.31 Å². The van der Waals surface area contributed by atoms with Crippen LogP contribution in [0, 0.1) is 11.6 Å². The second kappa shape index (κ2) is 6.48. The fourth-order valence-electron chi connectivity index (χ4n) is 2.91.